The summed E-state index contributed by atoms with van der Waals surface area (Å²) in [4.78, 5) is 6.97. The predicted molar refractivity (Wildman–Crippen MR) is 121 cm³/mol. The third-order valence-electron chi connectivity index (χ3n) is 6.86. The van der Waals surface area contributed by atoms with Crippen molar-refractivity contribution in [1.82, 2.24) is 14.2 Å². The summed E-state index contributed by atoms with van der Waals surface area (Å²) in [6.07, 6.45) is 8.75. The van der Waals surface area contributed by atoms with E-state index < -0.39 is 15.6 Å². The van der Waals surface area contributed by atoms with Gasteiger partial charge in [-0.05, 0) is 64.8 Å². The van der Waals surface area contributed by atoms with Crippen molar-refractivity contribution in [3.63, 3.8) is 0 Å². The lowest BCUT2D eigenvalue weighted by Crippen LogP contribution is -2.49. The van der Waals surface area contributed by atoms with Crippen LogP contribution in [0.3, 0.4) is 0 Å². The fraction of sp³-hybridized carbons (Fsp3) is 0.696. The van der Waals surface area contributed by atoms with E-state index in [1.165, 1.54) is 16.1 Å². The number of hydrogen-bond acceptors (Lipinski definition) is 6. The van der Waals surface area contributed by atoms with Gasteiger partial charge in [-0.1, -0.05) is 6.08 Å². The minimum atomic E-state index is -3.15. The van der Waals surface area contributed by atoms with Crippen LogP contribution in [0.15, 0.2) is 18.3 Å². The number of ether oxygens (including phenoxy) is 1. The molecule has 0 unspecified atom stereocenters. The van der Waals surface area contributed by atoms with Gasteiger partial charge in [-0.25, -0.2) is 8.42 Å². The lowest BCUT2D eigenvalue weighted by molar-refractivity contribution is -0.0130. The van der Waals surface area contributed by atoms with Crippen LogP contribution in [0.2, 0.25) is 0 Å². The van der Waals surface area contributed by atoms with E-state index in [0.717, 1.165) is 49.4 Å². The van der Waals surface area contributed by atoms with Crippen LogP contribution >= 0.6 is 0 Å². The van der Waals surface area contributed by atoms with Crippen molar-refractivity contribution in [2.24, 2.45) is 5.92 Å². The van der Waals surface area contributed by atoms with E-state index in [1.54, 1.807) is 0 Å². The second-order valence-corrected chi connectivity index (χ2v) is 12.2. The highest BCUT2D eigenvalue weighted by molar-refractivity contribution is 7.88. The van der Waals surface area contributed by atoms with Crippen LogP contribution < -0.4 is 4.74 Å². The Labute approximate surface area is 186 Å². The molecule has 0 amide bonds. The minimum Gasteiger partial charge on any atom is -0.485 e. The Hall–Kier alpha value is -1.48. The van der Waals surface area contributed by atoms with Crippen molar-refractivity contribution in [3.8, 4) is 5.75 Å². The topological polar surface area (TPSA) is 83.0 Å². The molecule has 1 N–H and O–H groups in total. The summed E-state index contributed by atoms with van der Waals surface area (Å²) in [6, 6.07) is 2.13. The highest BCUT2D eigenvalue weighted by Gasteiger charge is 2.43. The number of sulfonamides is 1. The molecule has 31 heavy (non-hydrogen) atoms. The van der Waals surface area contributed by atoms with E-state index in [9.17, 15) is 13.5 Å². The summed E-state index contributed by atoms with van der Waals surface area (Å²) in [5.41, 5.74) is 2.34. The molecular formula is C23H35N3O4S. The molecule has 1 aromatic heterocycles. The monoisotopic (exact) mass is 449 g/mol. The van der Waals surface area contributed by atoms with E-state index >= 15 is 0 Å². The highest BCUT2D eigenvalue weighted by Crippen LogP contribution is 2.43. The minimum absolute atomic E-state index is 0.225. The summed E-state index contributed by atoms with van der Waals surface area (Å²) < 4.78 is 31.4. The largest absolute Gasteiger partial charge is 0.485 e. The Kier molecular flexibility index (Phi) is 5.96. The fourth-order valence-electron chi connectivity index (χ4n) is 5.22. The molecule has 0 bridgehead atoms. The number of piperidine rings is 1. The van der Waals surface area contributed by atoms with E-state index in [0.29, 0.717) is 32.0 Å². The van der Waals surface area contributed by atoms with Gasteiger partial charge in [-0.2, -0.15) is 4.31 Å². The van der Waals surface area contributed by atoms with Crippen molar-refractivity contribution in [2.45, 2.75) is 57.7 Å². The van der Waals surface area contributed by atoms with Gasteiger partial charge in [-0.15, -0.1) is 0 Å². The lowest BCUT2D eigenvalue weighted by atomic mass is 9.79. The first kappa shape index (κ1) is 22.7. The lowest BCUT2D eigenvalue weighted by Gasteiger charge is -2.41. The summed E-state index contributed by atoms with van der Waals surface area (Å²) >= 11 is 0. The number of fused-ring (bicyclic) bond motifs is 1. The molecule has 0 aliphatic carbocycles. The second kappa shape index (κ2) is 8.14. The predicted octanol–water partition coefficient (Wildman–Crippen LogP) is 2.31. The van der Waals surface area contributed by atoms with Gasteiger partial charge >= 0.3 is 0 Å². The molecule has 7 nitrogen and oxygen atoms in total. The number of β-amino-alcohol motifs (C(OH)–C–C–N with tert-alkyl or cyclic N) is 1. The summed E-state index contributed by atoms with van der Waals surface area (Å²) in [6.45, 7) is 9.52. The van der Waals surface area contributed by atoms with Gasteiger partial charge in [0.05, 0.1) is 23.7 Å². The van der Waals surface area contributed by atoms with Gasteiger partial charge in [-0.3, -0.25) is 4.98 Å². The number of likely N-dealkylation sites (tertiary alicyclic amines) is 1. The molecule has 3 aliphatic rings. The highest BCUT2D eigenvalue weighted by atomic mass is 32.2. The second-order valence-electron chi connectivity index (χ2n) is 10.2. The maximum Gasteiger partial charge on any atom is 0.211 e. The van der Waals surface area contributed by atoms with E-state index in [1.807, 2.05) is 26.1 Å². The van der Waals surface area contributed by atoms with Crippen LogP contribution in [-0.2, 0) is 16.4 Å². The Morgan fingerprint density at radius 1 is 1.29 bits per heavy atom. The summed E-state index contributed by atoms with van der Waals surface area (Å²) in [7, 11) is -3.15. The van der Waals surface area contributed by atoms with Crippen LogP contribution in [0.1, 0.15) is 51.3 Å². The first-order chi connectivity index (χ1) is 14.4. The molecule has 0 radical (unpaired) electrons. The van der Waals surface area contributed by atoms with Crippen LogP contribution in [-0.4, -0.2) is 77.9 Å². The Morgan fingerprint density at radius 3 is 2.58 bits per heavy atom. The standard InChI is InChI=1S/C23H35N3O4S/c1-22(2,27)16-25-9-7-19(8-10-25)23(3)14-18-13-20(24-15-21(18)30-23)17-5-11-26(12-6-17)31(4,28)29/h5,13,15,19,27H,6-12,14,16H2,1-4H3/t23-/m0/s1. The van der Waals surface area contributed by atoms with Gasteiger partial charge in [0.2, 0.25) is 10.0 Å². The average Bonchev–Trinajstić information content (AvgIpc) is 3.03. The third kappa shape index (κ3) is 5.13. The molecule has 0 saturated carbocycles. The number of hydrogen-bond donors (Lipinski definition) is 1. The van der Waals surface area contributed by atoms with E-state index in [4.69, 9.17) is 4.74 Å². The molecular weight excluding hydrogens is 414 g/mol. The van der Waals surface area contributed by atoms with Crippen LogP contribution in [0.5, 0.6) is 5.75 Å². The zero-order chi connectivity index (χ0) is 22.4. The average molecular weight is 450 g/mol. The normalized spacial score (nSPS) is 26.4. The van der Waals surface area contributed by atoms with Crippen molar-refractivity contribution < 1.29 is 18.3 Å². The smallest absolute Gasteiger partial charge is 0.211 e. The molecule has 4 heterocycles. The van der Waals surface area contributed by atoms with Crippen molar-refractivity contribution >= 4 is 15.6 Å². The van der Waals surface area contributed by atoms with Crippen LogP contribution in [0.25, 0.3) is 5.57 Å². The zero-order valence-corrected chi connectivity index (χ0v) is 19.9. The number of nitrogens with zero attached hydrogens (tertiary/aromatic N) is 3. The van der Waals surface area contributed by atoms with Gasteiger partial charge in [0, 0.05) is 37.5 Å². The molecule has 0 aromatic carbocycles. The van der Waals surface area contributed by atoms with E-state index in [2.05, 4.69) is 22.9 Å². The number of aliphatic hydroxyl groups is 1. The molecule has 1 aromatic rings. The molecule has 172 valence electrons. The van der Waals surface area contributed by atoms with Gasteiger partial charge in [0.1, 0.15) is 11.4 Å². The SMILES string of the molecule is CC(C)(O)CN1CCC([C@]2(C)Cc3cc(C4=CCN(S(C)(=O)=O)CC4)ncc3O2)CC1. The fourth-order valence-corrected chi connectivity index (χ4v) is 5.98. The first-order valence-corrected chi connectivity index (χ1v) is 13.0. The molecule has 1 saturated heterocycles. The Bertz CT molecular complexity index is 962. The molecule has 3 aliphatic heterocycles. The number of pyridine rings is 1. The number of rotatable bonds is 5. The summed E-state index contributed by atoms with van der Waals surface area (Å²) in [5, 5.41) is 10.1. The molecule has 1 atom stereocenters. The maximum atomic E-state index is 11.7. The third-order valence-corrected chi connectivity index (χ3v) is 8.13. The van der Waals surface area contributed by atoms with Crippen LogP contribution in [0, 0.1) is 5.92 Å². The Morgan fingerprint density at radius 2 is 2.00 bits per heavy atom. The molecule has 1 fully saturated rings. The zero-order valence-electron chi connectivity index (χ0n) is 19.1. The summed E-state index contributed by atoms with van der Waals surface area (Å²) in [5.74, 6) is 1.35. The van der Waals surface area contributed by atoms with Gasteiger partial charge in [0.15, 0.2) is 0 Å². The first-order valence-electron chi connectivity index (χ1n) is 11.2. The van der Waals surface area contributed by atoms with Crippen molar-refractivity contribution in [2.75, 3.05) is 39.0 Å². The quantitative estimate of drug-likeness (QED) is 0.743. The number of aromatic nitrogens is 1. The maximum absolute atomic E-state index is 11.7. The van der Waals surface area contributed by atoms with Crippen molar-refractivity contribution in [1.29, 1.82) is 0 Å². The Balaban J connectivity index is 1.41. The molecule has 4 rings (SSSR count). The van der Waals surface area contributed by atoms with Crippen molar-refractivity contribution in [3.05, 3.63) is 29.6 Å². The van der Waals surface area contributed by atoms with E-state index in [-0.39, 0.29) is 5.60 Å². The van der Waals surface area contributed by atoms with Crippen LogP contribution in [0.4, 0.5) is 0 Å². The molecule has 0 spiro atoms. The van der Waals surface area contributed by atoms with Gasteiger partial charge in [0.25, 0.3) is 0 Å². The van der Waals surface area contributed by atoms with Gasteiger partial charge < -0.3 is 14.7 Å². The molecule has 8 heteroatoms.